The first-order valence-electron chi connectivity index (χ1n) is 19.1. The average molecular weight is 605 g/mol. The number of benzene rings is 6. The Morgan fingerprint density at radius 3 is 2.29 bits per heavy atom. The van der Waals surface area contributed by atoms with E-state index >= 15 is 0 Å². The second kappa shape index (κ2) is 9.32. The van der Waals surface area contributed by atoms with Gasteiger partial charge >= 0.3 is 0 Å². The molecule has 0 N–H and O–H groups in total. The van der Waals surface area contributed by atoms with Gasteiger partial charge in [0.1, 0.15) is 11.1 Å². The molecule has 10 rings (SSSR count). The van der Waals surface area contributed by atoms with Crippen LogP contribution in [0.2, 0.25) is 0 Å². The third-order valence-corrected chi connectivity index (χ3v) is 9.10. The summed E-state index contributed by atoms with van der Waals surface area (Å²) in [6, 6.07) is 18.1. The molecular formula is C39H22N4OS. The van der Waals surface area contributed by atoms with Crippen LogP contribution in [-0.2, 0) is 0 Å². The van der Waals surface area contributed by atoms with Crippen molar-refractivity contribution in [3.8, 4) is 28.7 Å². The lowest BCUT2D eigenvalue weighted by atomic mass is 10.1. The fourth-order valence-corrected chi connectivity index (χ4v) is 7.16. The molecule has 210 valence electrons. The Kier molecular flexibility index (Phi) is 3.49. The van der Waals surface area contributed by atoms with Crippen molar-refractivity contribution in [3.05, 3.63) is 133 Å². The predicted molar refractivity (Wildman–Crippen MR) is 185 cm³/mol. The summed E-state index contributed by atoms with van der Waals surface area (Å²) in [7, 11) is 0. The van der Waals surface area contributed by atoms with Gasteiger partial charge in [-0.25, -0.2) is 4.98 Å². The lowest BCUT2D eigenvalue weighted by Gasteiger charge is -2.11. The molecule has 0 spiro atoms. The van der Waals surface area contributed by atoms with Gasteiger partial charge in [0, 0.05) is 52.8 Å². The number of nitrogens with zero attached hydrogens (tertiary/aromatic N) is 4. The van der Waals surface area contributed by atoms with Gasteiger partial charge in [0.2, 0.25) is 5.95 Å². The number of furan rings is 1. The summed E-state index contributed by atoms with van der Waals surface area (Å²) in [5.41, 5.74) is 0.865. The van der Waals surface area contributed by atoms with Crippen LogP contribution in [0.1, 0.15) is 13.7 Å². The van der Waals surface area contributed by atoms with E-state index in [1.807, 2.05) is 72.8 Å². The van der Waals surface area contributed by atoms with E-state index in [0.29, 0.717) is 11.1 Å². The lowest BCUT2D eigenvalue weighted by Crippen LogP contribution is -2.06. The van der Waals surface area contributed by atoms with Crippen molar-refractivity contribution in [3.63, 3.8) is 0 Å². The van der Waals surface area contributed by atoms with Crippen LogP contribution >= 0.6 is 11.3 Å². The molecule has 0 bridgehead atoms. The monoisotopic (exact) mass is 604 g/mol. The summed E-state index contributed by atoms with van der Waals surface area (Å²) in [5, 5.41) is 1.61. The summed E-state index contributed by atoms with van der Waals surface area (Å²) >= 11 is 1.62. The average Bonchev–Trinajstić information content (AvgIpc) is 3.90. The number of thiophene rings is 1. The van der Waals surface area contributed by atoms with Gasteiger partial charge in [-0.05, 0) is 30.3 Å². The molecule has 45 heavy (non-hydrogen) atoms. The molecular weight excluding hydrogens is 573 g/mol. The molecule has 0 aliphatic heterocycles. The largest absolute Gasteiger partial charge is 0.454 e. The molecule has 0 unspecified atom stereocenters. The quantitative estimate of drug-likeness (QED) is 0.201. The van der Waals surface area contributed by atoms with E-state index in [1.54, 1.807) is 11.3 Å². The van der Waals surface area contributed by atoms with E-state index in [2.05, 4.69) is 0 Å². The van der Waals surface area contributed by atoms with E-state index < -0.39 is 60.4 Å². The van der Waals surface area contributed by atoms with Gasteiger partial charge in [0.15, 0.2) is 17.2 Å². The SMILES string of the molecule is [2H]c1c([2H])c([2H])c2c(oc3c2c([2H])c([2H])c2c4c([2H])c([2H])c([2H])c([2H])c4n(-c4nc(-c5ccccc5)nc(-c5cccc6sc7ccccc7c56)n4)c32)c1[2H]. The Balaban J connectivity index is 1.45. The molecule has 5 nitrogen and oxygen atoms in total. The maximum absolute atomic E-state index is 9.32. The molecule has 0 saturated heterocycles. The molecule has 10 aromatic rings. The molecule has 4 aromatic heterocycles. The van der Waals surface area contributed by atoms with Gasteiger partial charge in [0.25, 0.3) is 0 Å². The first kappa shape index (κ1) is 16.9. The van der Waals surface area contributed by atoms with Gasteiger partial charge in [-0.1, -0.05) is 103 Å². The number of aromatic nitrogens is 4. The van der Waals surface area contributed by atoms with Crippen molar-refractivity contribution in [1.82, 2.24) is 19.5 Å². The second-order valence-corrected chi connectivity index (χ2v) is 11.6. The van der Waals surface area contributed by atoms with Crippen LogP contribution in [0.5, 0.6) is 0 Å². The third-order valence-electron chi connectivity index (χ3n) is 7.96. The van der Waals surface area contributed by atoms with Crippen LogP contribution in [0.15, 0.2) is 138 Å². The second-order valence-electron chi connectivity index (χ2n) is 10.5. The standard InChI is InChI=1S/C39H22N4OS/c1-2-11-23(12-3-1)37-40-38(29-16-10-20-33-34(29)28-15-6-9-19-32(28)45-33)42-39(41-37)43-30-17-7-4-13-24(30)26-21-22-27-25-14-5-8-18-31(25)44-36(27)35(26)43/h1-22H/i4D,5D,7D,8D,13D,14D,17D,18D,21D,22D. The number of hydrogen-bond acceptors (Lipinski definition) is 5. The Bertz CT molecular complexity index is 3340. The van der Waals surface area contributed by atoms with E-state index in [0.717, 1.165) is 20.2 Å². The van der Waals surface area contributed by atoms with Crippen LogP contribution in [0.25, 0.3) is 92.6 Å². The first-order valence-corrected chi connectivity index (χ1v) is 14.9. The van der Waals surface area contributed by atoms with Gasteiger partial charge in [-0.2, -0.15) is 9.97 Å². The Labute approximate surface area is 274 Å². The lowest BCUT2D eigenvalue weighted by molar-refractivity contribution is 0.670. The number of para-hydroxylation sites is 2. The van der Waals surface area contributed by atoms with Gasteiger partial charge in [-0.3, -0.25) is 4.57 Å². The summed E-state index contributed by atoms with van der Waals surface area (Å²) in [6.45, 7) is 0. The summed E-state index contributed by atoms with van der Waals surface area (Å²) in [4.78, 5) is 14.9. The zero-order valence-electron chi connectivity index (χ0n) is 33.0. The summed E-state index contributed by atoms with van der Waals surface area (Å²) in [6.07, 6.45) is 0. The van der Waals surface area contributed by atoms with Gasteiger partial charge in [0.05, 0.1) is 19.2 Å². The first-order chi connectivity index (χ1) is 26.5. The smallest absolute Gasteiger partial charge is 0.238 e. The Morgan fingerprint density at radius 2 is 1.36 bits per heavy atom. The molecule has 0 amide bonds. The zero-order valence-corrected chi connectivity index (χ0v) is 23.9. The number of rotatable bonds is 3. The van der Waals surface area contributed by atoms with Crippen molar-refractivity contribution >= 4 is 75.3 Å². The van der Waals surface area contributed by atoms with Gasteiger partial charge < -0.3 is 4.42 Å². The summed E-state index contributed by atoms with van der Waals surface area (Å²) < 4.78 is 97.8. The fourth-order valence-electron chi connectivity index (χ4n) is 6.03. The van der Waals surface area contributed by atoms with Crippen molar-refractivity contribution in [1.29, 1.82) is 0 Å². The normalized spacial score (nSPS) is 15.1. The molecule has 0 aliphatic carbocycles. The van der Waals surface area contributed by atoms with Gasteiger partial charge in [-0.15, -0.1) is 11.3 Å². The molecule has 6 heteroatoms. The van der Waals surface area contributed by atoms with Crippen LogP contribution in [0, 0.1) is 0 Å². The van der Waals surface area contributed by atoms with Crippen LogP contribution in [-0.4, -0.2) is 19.5 Å². The van der Waals surface area contributed by atoms with Crippen LogP contribution < -0.4 is 0 Å². The fraction of sp³-hybridized carbons (Fsp3) is 0. The molecule has 0 atom stereocenters. The molecule has 0 fully saturated rings. The van der Waals surface area contributed by atoms with Crippen LogP contribution in [0.3, 0.4) is 0 Å². The van der Waals surface area contributed by atoms with E-state index in [4.69, 9.17) is 30.3 Å². The van der Waals surface area contributed by atoms with Crippen molar-refractivity contribution in [2.45, 2.75) is 0 Å². The minimum absolute atomic E-state index is 0.00131. The Morgan fingerprint density at radius 1 is 0.600 bits per heavy atom. The molecule has 6 aromatic carbocycles. The molecule has 0 aliphatic rings. The minimum Gasteiger partial charge on any atom is -0.454 e. The van der Waals surface area contributed by atoms with Crippen molar-refractivity contribution in [2.24, 2.45) is 0 Å². The molecule has 4 heterocycles. The maximum Gasteiger partial charge on any atom is 0.238 e. The highest BCUT2D eigenvalue weighted by molar-refractivity contribution is 7.25. The minimum atomic E-state index is -0.552. The zero-order chi connectivity index (χ0) is 38.2. The predicted octanol–water partition coefficient (Wildman–Crippen LogP) is 10.6. The number of fused-ring (bicyclic) bond motifs is 10. The maximum atomic E-state index is 9.32. The highest BCUT2D eigenvalue weighted by atomic mass is 32.1. The number of hydrogen-bond donors (Lipinski definition) is 0. The topological polar surface area (TPSA) is 56.7 Å². The highest BCUT2D eigenvalue weighted by Crippen LogP contribution is 2.42. The molecule has 0 saturated carbocycles. The third kappa shape index (κ3) is 3.57. The van der Waals surface area contributed by atoms with Crippen molar-refractivity contribution in [2.75, 3.05) is 0 Å². The van der Waals surface area contributed by atoms with E-state index in [-0.39, 0.29) is 61.3 Å². The Hall–Kier alpha value is -5.85. The van der Waals surface area contributed by atoms with E-state index in [9.17, 15) is 2.74 Å². The highest BCUT2D eigenvalue weighted by Gasteiger charge is 2.22. The van der Waals surface area contributed by atoms with Crippen LogP contribution in [0.4, 0.5) is 0 Å². The summed E-state index contributed by atoms with van der Waals surface area (Å²) in [5.74, 6) is 0.429. The van der Waals surface area contributed by atoms with Crippen molar-refractivity contribution < 1.29 is 18.1 Å². The molecule has 0 radical (unpaired) electrons. The van der Waals surface area contributed by atoms with E-state index in [1.165, 1.54) is 4.57 Å².